The highest BCUT2D eigenvalue weighted by molar-refractivity contribution is 5.64. The number of aliphatic hydroxyl groups is 1. The summed E-state index contributed by atoms with van der Waals surface area (Å²) in [4.78, 5) is 4.56. The molecule has 0 saturated heterocycles. The Morgan fingerprint density at radius 1 is 1.10 bits per heavy atom. The highest BCUT2D eigenvalue weighted by Gasteiger charge is 2.56. The largest absolute Gasteiger partial charge is 0.389 e. The van der Waals surface area contributed by atoms with Gasteiger partial charge in [-0.25, -0.2) is 4.39 Å². The Hall–Kier alpha value is -2.00. The van der Waals surface area contributed by atoms with Gasteiger partial charge in [-0.1, -0.05) is 57.5 Å². The van der Waals surface area contributed by atoms with Crippen molar-refractivity contribution in [2.45, 2.75) is 59.0 Å². The lowest BCUT2D eigenvalue weighted by Crippen LogP contribution is -2.59. The zero-order valence-corrected chi connectivity index (χ0v) is 18.6. The van der Waals surface area contributed by atoms with Gasteiger partial charge in [0.2, 0.25) is 0 Å². The third-order valence-electron chi connectivity index (χ3n) is 8.42. The number of rotatable bonds is 3. The molecule has 30 heavy (non-hydrogen) atoms. The predicted octanol–water partition coefficient (Wildman–Crippen LogP) is 6.75. The number of nitrogens with zero attached hydrogens (tertiary/aromatic N) is 1. The molecule has 1 aromatic heterocycles. The third-order valence-corrected chi connectivity index (χ3v) is 8.42. The molecule has 160 valence electrons. The van der Waals surface area contributed by atoms with Crippen molar-refractivity contribution in [2.24, 2.45) is 29.1 Å². The molecule has 2 fully saturated rings. The molecule has 5 atom stereocenters. The fourth-order valence-electron chi connectivity index (χ4n) is 6.00. The summed E-state index contributed by atoms with van der Waals surface area (Å²) in [7, 11) is 0. The van der Waals surface area contributed by atoms with E-state index in [1.807, 2.05) is 25.1 Å². The van der Waals surface area contributed by atoms with Crippen LogP contribution in [0.15, 0.2) is 48.7 Å². The van der Waals surface area contributed by atoms with Crippen LogP contribution in [0.25, 0.3) is 17.2 Å². The molecule has 1 unspecified atom stereocenters. The molecule has 2 nitrogen and oxygen atoms in total. The number of aromatic nitrogens is 1. The minimum atomic E-state index is -0.621. The molecule has 0 aliphatic heterocycles. The summed E-state index contributed by atoms with van der Waals surface area (Å²) in [6.07, 6.45) is 10.9. The molecule has 1 aromatic carbocycles. The molecule has 1 heterocycles. The summed E-state index contributed by atoms with van der Waals surface area (Å²) in [5, 5.41) is 11.2. The lowest BCUT2D eigenvalue weighted by Gasteiger charge is -2.59. The lowest BCUT2D eigenvalue weighted by molar-refractivity contribution is -0.179. The Labute approximate surface area is 180 Å². The van der Waals surface area contributed by atoms with Gasteiger partial charge >= 0.3 is 0 Å². The molecule has 0 spiro atoms. The minimum absolute atomic E-state index is 0.0818. The van der Waals surface area contributed by atoms with Crippen molar-refractivity contribution in [1.29, 1.82) is 0 Å². The maximum absolute atomic E-state index is 14.0. The van der Waals surface area contributed by atoms with E-state index in [1.54, 1.807) is 18.3 Å². The van der Waals surface area contributed by atoms with Crippen molar-refractivity contribution < 1.29 is 9.50 Å². The number of fused-ring (bicyclic) bond motifs is 1. The Morgan fingerprint density at radius 3 is 2.57 bits per heavy atom. The van der Waals surface area contributed by atoms with E-state index in [4.69, 9.17) is 0 Å². The van der Waals surface area contributed by atoms with Gasteiger partial charge < -0.3 is 5.11 Å². The number of hydrogen-bond donors (Lipinski definition) is 1. The molecular weight excluding hydrogens is 373 g/mol. The van der Waals surface area contributed by atoms with E-state index < -0.39 is 5.60 Å². The van der Waals surface area contributed by atoms with Crippen molar-refractivity contribution in [3.8, 4) is 11.1 Å². The van der Waals surface area contributed by atoms with Gasteiger partial charge in [0.25, 0.3) is 0 Å². The van der Waals surface area contributed by atoms with Gasteiger partial charge in [0, 0.05) is 17.3 Å². The van der Waals surface area contributed by atoms with Crippen molar-refractivity contribution >= 4 is 6.08 Å². The first-order valence-electron chi connectivity index (χ1n) is 11.3. The maximum Gasteiger partial charge on any atom is 0.131 e. The number of pyridine rings is 1. The van der Waals surface area contributed by atoms with Gasteiger partial charge in [-0.3, -0.25) is 4.98 Å². The molecule has 2 aliphatic rings. The molecule has 2 aliphatic carbocycles. The van der Waals surface area contributed by atoms with Crippen LogP contribution in [0.2, 0.25) is 0 Å². The van der Waals surface area contributed by atoms with Crippen LogP contribution in [0.1, 0.15) is 59.1 Å². The number of halogens is 1. The SMILES string of the molecule is CC1C[C@H]2[C@H](/C=C/c3ccc(-c4ccccc4F)cn3)CCC[C@@H]2C(C)(C)[C@]1(C)O. The van der Waals surface area contributed by atoms with Crippen LogP contribution in [-0.2, 0) is 0 Å². The molecule has 1 N–H and O–H groups in total. The predicted molar refractivity (Wildman–Crippen MR) is 121 cm³/mol. The molecule has 2 saturated carbocycles. The second-order valence-corrected chi connectivity index (χ2v) is 10.2. The molecule has 0 amide bonds. The second-order valence-electron chi connectivity index (χ2n) is 10.2. The van der Waals surface area contributed by atoms with Crippen LogP contribution in [0.4, 0.5) is 4.39 Å². The minimum Gasteiger partial charge on any atom is -0.389 e. The van der Waals surface area contributed by atoms with Crippen LogP contribution < -0.4 is 0 Å². The van der Waals surface area contributed by atoms with E-state index >= 15 is 0 Å². The van der Waals surface area contributed by atoms with E-state index in [2.05, 4.69) is 37.9 Å². The van der Waals surface area contributed by atoms with Crippen LogP contribution >= 0.6 is 0 Å². The number of benzene rings is 1. The maximum atomic E-state index is 14.0. The zero-order valence-electron chi connectivity index (χ0n) is 18.6. The van der Waals surface area contributed by atoms with Gasteiger partial charge in [-0.2, -0.15) is 0 Å². The first-order valence-corrected chi connectivity index (χ1v) is 11.3. The molecular formula is C27H34FNO. The summed E-state index contributed by atoms with van der Waals surface area (Å²) in [6.45, 7) is 8.76. The van der Waals surface area contributed by atoms with E-state index in [0.717, 1.165) is 17.7 Å². The third kappa shape index (κ3) is 3.62. The molecule has 4 rings (SSSR count). The first-order chi connectivity index (χ1) is 14.2. The second kappa shape index (κ2) is 7.92. The number of allylic oxidation sites excluding steroid dienone is 1. The van der Waals surface area contributed by atoms with E-state index in [1.165, 1.54) is 25.3 Å². The lowest BCUT2D eigenvalue weighted by atomic mass is 9.48. The quantitative estimate of drug-likeness (QED) is 0.610. The van der Waals surface area contributed by atoms with Gasteiger partial charge in [-0.15, -0.1) is 0 Å². The topological polar surface area (TPSA) is 33.1 Å². The van der Waals surface area contributed by atoms with E-state index in [0.29, 0.717) is 29.2 Å². The smallest absolute Gasteiger partial charge is 0.131 e. The molecule has 3 heteroatoms. The van der Waals surface area contributed by atoms with Crippen LogP contribution in [-0.4, -0.2) is 15.7 Å². The van der Waals surface area contributed by atoms with Gasteiger partial charge in [-0.05, 0) is 73.5 Å². The highest BCUT2D eigenvalue weighted by Crippen LogP contribution is 2.58. The van der Waals surface area contributed by atoms with Crippen LogP contribution in [0, 0.1) is 34.9 Å². The Balaban J connectivity index is 1.52. The van der Waals surface area contributed by atoms with Gasteiger partial charge in [0.1, 0.15) is 5.82 Å². The summed E-state index contributed by atoms with van der Waals surface area (Å²) < 4.78 is 14.0. The van der Waals surface area contributed by atoms with Crippen molar-refractivity contribution in [1.82, 2.24) is 4.98 Å². The number of hydrogen-bond acceptors (Lipinski definition) is 2. The summed E-state index contributed by atoms with van der Waals surface area (Å²) in [6, 6.07) is 10.7. The Morgan fingerprint density at radius 2 is 1.87 bits per heavy atom. The van der Waals surface area contributed by atoms with Gasteiger partial charge in [0.05, 0.1) is 11.3 Å². The Bertz CT molecular complexity index is 915. The normalized spacial score (nSPS) is 33.4. The summed E-state index contributed by atoms with van der Waals surface area (Å²) in [5.74, 6) is 1.75. The fourth-order valence-corrected chi connectivity index (χ4v) is 6.00. The zero-order chi connectivity index (χ0) is 21.5. The molecule has 0 bridgehead atoms. The average molecular weight is 408 g/mol. The summed E-state index contributed by atoms with van der Waals surface area (Å²) >= 11 is 0. The average Bonchev–Trinajstić information content (AvgIpc) is 2.72. The standard InChI is InChI=1S/C27H34FNO/c1-18-16-23-19(8-7-10-24(23)26(2,3)27(18,4)30)12-14-21-15-13-20(17-29-21)22-9-5-6-11-25(22)28/h5-6,9,11-15,17-19,23-24,30H,7-8,10,16H2,1-4H3/b14-12+/t18?,19-,23-,24-,27+/m0/s1. The summed E-state index contributed by atoms with van der Waals surface area (Å²) in [5.41, 5.74) is 1.59. The van der Waals surface area contributed by atoms with Crippen molar-refractivity contribution in [3.05, 3.63) is 60.2 Å². The van der Waals surface area contributed by atoms with E-state index in [9.17, 15) is 9.50 Å². The monoisotopic (exact) mass is 407 g/mol. The first kappa shape index (κ1) is 21.2. The molecule has 0 radical (unpaired) electrons. The molecule has 2 aromatic rings. The van der Waals surface area contributed by atoms with Crippen LogP contribution in [0.3, 0.4) is 0 Å². The highest BCUT2D eigenvalue weighted by atomic mass is 19.1. The van der Waals surface area contributed by atoms with Gasteiger partial charge in [0.15, 0.2) is 0 Å². The van der Waals surface area contributed by atoms with E-state index in [-0.39, 0.29) is 11.2 Å². The van der Waals surface area contributed by atoms with Crippen LogP contribution in [0.5, 0.6) is 0 Å². The van der Waals surface area contributed by atoms with Crippen molar-refractivity contribution in [3.63, 3.8) is 0 Å². The Kier molecular flexibility index (Phi) is 5.61. The fraction of sp³-hybridized carbons (Fsp3) is 0.519. The van der Waals surface area contributed by atoms with Crippen molar-refractivity contribution in [2.75, 3.05) is 0 Å².